The Hall–Kier alpha value is -2.75. The molecule has 0 radical (unpaired) electrons. The van der Waals surface area contributed by atoms with Crippen molar-refractivity contribution < 1.29 is 9.53 Å². The predicted octanol–water partition coefficient (Wildman–Crippen LogP) is 3.37. The molecule has 1 heterocycles. The Morgan fingerprint density at radius 1 is 1.21 bits per heavy atom. The Labute approximate surface area is 170 Å². The highest BCUT2D eigenvalue weighted by Crippen LogP contribution is 2.27. The van der Waals surface area contributed by atoms with Crippen LogP contribution in [0.3, 0.4) is 0 Å². The number of ether oxygens (including phenoxy) is 1. The van der Waals surface area contributed by atoms with Crippen LogP contribution in [0.25, 0.3) is 0 Å². The maximum absolute atomic E-state index is 12.4. The second-order valence-electron chi connectivity index (χ2n) is 6.64. The van der Waals surface area contributed by atoms with Crippen molar-refractivity contribution in [2.75, 3.05) is 50.1 Å². The van der Waals surface area contributed by atoms with Gasteiger partial charge in [0.15, 0.2) is 0 Å². The van der Waals surface area contributed by atoms with Gasteiger partial charge in [-0.3, -0.25) is 9.69 Å². The fraction of sp³-hybridized carbons (Fsp3) is 0.333. The van der Waals surface area contributed by atoms with Gasteiger partial charge in [-0.2, -0.15) is 5.26 Å². The summed E-state index contributed by atoms with van der Waals surface area (Å²) in [4.78, 5) is 16.8. The molecule has 6 nitrogen and oxygen atoms in total. The molecule has 0 aliphatic carbocycles. The van der Waals surface area contributed by atoms with Crippen LogP contribution in [0, 0.1) is 11.3 Å². The Morgan fingerprint density at radius 3 is 2.79 bits per heavy atom. The molecule has 1 saturated heterocycles. The van der Waals surface area contributed by atoms with Crippen molar-refractivity contribution in [1.29, 1.82) is 5.26 Å². The van der Waals surface area contributed by atoms with E-state index in [1.165, 1.54) is 0 Å². The Bertz CT molecular complexity index is 881. The number of hydrogen-bond donors (Lipinski definition) is 1. The van der Waals surface area contributed by atoms with Gasteiger partial charge in [0, 0.05) is 31.9 Å². The number of carbonyl (C=O) groups excluding carboxylic acids is 1. The average Bonchev–Trinajstić information content (AvgIpc) is 2.93. The second-order valence-corrected chi connectivity index (χ2v) is 7.05. The molecular formula is C21H23ClN4O2. The molecule has 2 aromatic carbocycles. The zero-order valence-electron chi connectivity index (χ0n) is 15.8. The summed E-state index contributed by atoms with van der Waals surface area (Å²) in [7, 11) is 1.55. The van der Waals surface area contributed by atoms with Crippen LogP contribution in [0.1, 0.15) is 12.0 Å². The monoisotopic (exact) mass is 398 g/mol. The Morgan fingerprint density at radius 2 is 2.04 bits per heavy atom. The number of amides is 1. The molecule has 7 heteroatoms. The Kier molecular flexibility index (Phi) is 6.75. The molecule has 0 atom stereocenters. The van der Waals surface area contributed by atoms with E-state index in [2.05, 4.69) is 21.2 Å². The van der Waals surface area contributed by atoms with Crippen LogP contribution in [0.5, 0.6) is 5.75 Å². The van der Waals surface area contributed by atoms with Crippen molar-refractivity contribution in [2.24, 2.45) is 0 Å². The second kappa shape index (κ2) is 9.45. The van der Waals surface area contributed by atoms with Crippen LogP contribution < -0.4 is 15.0 Å². The van der Waals surface area contributed by atoms with Gasteiger partial charge in [0.05, 0.1) is 29.9 Å². The maximum Gasteiger partial charge on any atom is 0.238 e. The molecule has 1 amide bonds. The molecule has 0 saturated carbocycles. The van der Waals surface area contributed by atoms with Crippen molar-refractivity contribution in [3.05, 3.63) is 53.1 Å². The minimum absolute atomic E-state index is 0.0768. The molecule has 1 fully saturated rings. The lowest BCUT2D eigenvalue weighted by Gasteiger charge is -2.24. The molecule has 146 valence electrons. The summed E-state index contributed by atoms with van der Waals surface area (Å²) in [5, 5.41) is 12.7. The van der Waals surface area contributed by atoms with Gasteiger partial charge in [0.25, 0.3) is 0 Å². The highest BCUT2D eigenvalue weighted by atomic mass is 35.5. The number of carbonyl (C=O) groups is 1. The van der Waals surface area contributed by atoms with Crippen LogP contribution in [0.2, 0.25) is 5.02 Å². The highest BCUT2D eigenvalue weighted by Gasteiger charge is 2.19. The number of nitriles is 1. The van der Waals surface area contributed by atoms with E-state index in [0.29, 0.717) is 28.6 Å². The van der Waals surface area contributed by atoms with Gasteiger partial charge in [0.1, 0.15) is 11.8 Å². The van der Waals surface area contributed by atoms with Gasteiger partial charge < -0.3 is 15.0 Å². The van der Waals surface area contributed by atoms with E-state index in [0.717, 1.165) is 38.3 Å². The summed E-state index contributed by atoms with van der Waals surface area (Å²) >= 11 is 6.11. The third-order valence-electron chi connectivity index (χ3n) is 4.76. The number of benzene rings is 2. The van der Waals surface area contributed by atoms with Crippen molar-refractivity contribution in [3.8, 4) is 11.8 Å². The molecule has 3 rings (SSSR count). The number of nitrogens with zero attached hydrogens (tertiary/aromatic N) is 3. The minimum atomic E-state index is -0.0768. The van der Waals surface area contributed by atoms with Gasteiger partial charge in [-0.1, -0.05) is 23.7 Å². The van der Waals surface area contributed by atoms with E-state index < -0.39 is 0 Å². The van der Waals surface area contributed by atoms with Gasteiger partial charge in [-0.15, -0.1) is 0 Å². The first kappa shape index (κ1) is 20.0. The predicted molar refractivity (Wildman–Crippen MR) is 111 cm³/mol. The first-order valence-electron chi connectivity index (χ1n) is 9.20. The van der Waals surface area contributed by atoms with Crippen molar-refractivity contribution in [1.82, 2.24) is 4.90 Å². The van der Waals surface area contributed by atoms with Crippen LogP contribution in [0.15, 0.2) is 42.5 Å². The zero-order valence-corrected chi connectivity index (χ0v) is 16.6. The number of para-hydroxylation sites is 1. The molecule has 2 aromatic rings. The first-order chi connectivity index (χ1) is 13.6. The maximum atomic E-state index is 12.4. The highest BCUT2D eigenvalue weighted by molar-refractivity contribution is 6.32. The standard InChI is InChI=1S/C21H23ClN4O2/c1-28-20-8-7-17(13-18(20)22)24-21(27)15-25-9-4-10-26(12-11-25)19-6-3-2-5-16(19)14-23/h2-3,5-8,13H,4,9-12,15H2,1H3,(H,24,27). The van der Waals surface area contributed by atoms with E-state index in [1.807, 2.05) is 24.3 Å². The number of methoxy groups -OCH3 is 1. The largest absolute Gasteiger partial charge is 0.495 e. The topological polar surface area (TPSA) is 68.6 Å². The molecule has 1 aliphatic heterocycles. The normalized spacial score (nSPS) is 14.8. The zero-order chi connectivity index (χ0) is 19.9. The summed E-state index contributed by atoms with van der Waals surface area (Å²) in [6.07, 6.45) is 0.932. The number of rotatable bonds is 5. The van der Waals surface area contributed by atoms with E-state index in [-0.39, 0.29) is 5.91 Å². The summed E-state index contributed by atoms with van der Waals surface area (Å²) < 4.78 is 5.13. The van der Waals surface area contributed by atoms with Crippen LogP contribution in [-0.2, 0) is 4.79 Å². The van der Waals surface area contributed by atoms with E-state index in [9.17, 15) is 10.1 Å². The summed E-state index contributed by atoms with van der Waals surface area (Å²) in [5.41, 5.74) is 2.30. The van der Waals surface area contributed by atoms with Crippen LogP contribution in [0.4, 0.5) is 11.4 Å². The molecule has 28 heavy (non-hydrogen) atoms. The molecule has 0 aromatic heterocycles. The summed E-state index contributed by atoms with van der Waals surface area (Å²) in [6.45, 7) is 3.56. The number of nitrogens with one attached hydrogen (secondary N) is 1. The SMILES string of the molecule is COc1ccc(NC(=O)CN2CCCN(c3ccccc3C#N)CC2)cc1Cl. The number of hydrogen-bond acceptors (Lipinski definition) is 5. The minimum Gasteiger partial charge on any atom is -0.495 e. The lowest BCUT2D eigenvalue weighted by Crippen LogP contribution is -2.36. The number of halogens is 1. The van der Waals surface area contributed by atoms with E-state index in [1.54, 1.807) is 25.3 Å². The van der Waals surface area contributed by atoms with Crippen molar-refractivity contribution >= 4 is 28.9 Å². The lowest BCUT2D eigenvalue weighted by molar-refractivity contribution is -0.117. The molecular weight excluding hydrogens is 376 g/mol. The van der Waals surface area contributed by atoms with Crippen LogP contribution in [-0.4, -0.2) is 50.6 Å². The fourth-order valence-corrected chi connectivity index (χ4v) is 3.62. The molecule has 0 bridgehead atoms. The molecule has 0 unspecified atom stereocenters. The van der Waals surface area contributed by atoms with E-state index >= 15 is 0 Å². The third-order valence-corrected chi connectivity index (χ3v) is 5.05. The van der Waals surface area contributed by atoms with Gasteiger partial charge in [0.2, 0.25) is 5.91 Å². The van der Waals surface area contributed by atoms with Gasteiger partial charge in [-0.25, -0.2) is 0 Å². The molecule has 1 aliphatic rings. The van der Waals surface area contributed by atoms with Gasteiger partial charge in [-0.05, 0) is 36.8 Å². The summed E-state index contributed by atoms with van der Waals surface area (Å²) in [6, 6.07) is 15.1. The molecule has 1 N–H and O–H groups in total. The van der Waals surface area contributed by atoms with Crippen molar-refractivity contribution in [2.45, 2.75) is 6.42 Å². The summed E-state index contributed by atoms with van der Waals surface area (Å²) in [5.74, 6) is 0.497. The fourth-order valence-electron chi connectivity index (χ4n) is 3.36. The smallest absolute Gasteiger partial charge is 0.238 e. The van der Waals surface area contributed by atoms with E-state index in [4.69, 9.17) is 16.3 Å². The molecule has 0 spiro atoms. The van der Waals surface area contributed by atoms with Crippen LogP contribution >= 0.6 is 11.6 Å². The average molecular weight is 399 g/mol. The first-order valence-corrected chi connectivity index (χ1v) is 9.58. The van der Waals surface area contributed by atoms with Gasteiger partial charge >= 0.3 is 0 Å². The quantitative estimate of drug-likeness (QED) is 0.836. The Balaban J connectivity index is 1.56. The number of anilines is 2. The third kappa shape index (κ3) is 4.94. The lowest BCUT2D eigenvalue weighted by atomic mass is 10.1. The van der Waals surface area contributed by atoms with Crippen molar-refractivity contribution in [3.63, 3.8) is 0 Å².